The largest absolute Gasteiger partial charge is 0.383 e. The molecule has 2 heterocycles. The van der Waals surface area contributed by atoms with Crippen LogP contribution in [-0.2, 0) is 0 Å². The van der Waals surface area contributed by atoms with Gasteiger partial charge in [-0.15, -0.1) is 0 Å². The van der Waals surface area contributed by atoms with Gasteiger partial charge in [-0.25, -0.2) is 9.97 Å². The smallest absolute Gasteiger partial charge is 0.223 e. The molecule has 0 saturated carbocycles. The van der Waals surface area contributed by atoms with Crippen LogP contribution in [0, 0.1) is 6.92 Å². The van der Waals surface area contributed by atoms with Crippen molar-refractivity contribution in [1.82, 2.24) is 15.0 Å². The van der Waals surface area contributed by atoms with E-state index in [0.717, 1.165) is 33.5 Å². The summed E-state index contributed by atoms with van der Waals surface area (Å²) in [6, 6.07) is 17.2. The molecule has 0 unspecified atom stereocenters. The van der Waals surface area contributed by atoms with E-state index in [0.29, 0.717) is 29.1 Å². The Bertz CT molecular complexity index is 1150. The fourth-order valence-corrected chi connectivity index (χ4v) is 3.36. The minimum Gasteiger partial charge on any atom is -0.383 e. The standard InChI is InChI=1S/C22H19Cl2N5/c1-14-12-20(15-2-4-16(23)5-3-15)29-22(28-14)27-11-10-26-19-8-9-25-21-13-17(24)6-7-18(19)21/h2-9,12-13H,10-11H2,1H3,(H,25,26)(H,27,28,29). The monoisotopic (exact) mass is 423 g/mol. The molecule has 0 bridgehead atoms. The predicted molar refractivity (Wildman–Crippen MR) is 121 cm³/mol. The van der Waals surface area contributed by atoms with Crippen molar-refractivity contribution in [3.8, 4) is 11.3 Å². The fraction of sp³-hybridized carbons (Fsp3) is 0.136. The van der Waals surface area contributed by atoms with E-state index in [1.54, 1.807) is 6.20 Å². The number of anilines is 2. The molecule has 0 aliphatic carbocycles. The summed E-state index contributed by atoms with van der Waals surface area (Å²) in [6.07, 6.45) is 1.77. The van der Waals surface area contributed by atoms with Crippen LogP contribution in [0.2, 0.25) is 10.0 Å². The van der Waals surface area contributed by atoms with Crippen molar-refractivity contribution in [2.75, 3.05) is 23.7 Å². The van der Waals surface area contributed by atoms with Crippen molar-refractivity contribution < 1.29 is 0 Å². The molecule has 2 N–H and O–H groups in total. The third kappa shape index (κ3) is 4.75. The van der Waals surface area contributed by atoms with Crippen molar-refractivity contribution in [1.29, 1.82) is 0 Å². The van der Waals surface area contributed by atoms with Gasteiger partial charge in [-0.1, -0.05) is 35.3 Å². The van der Waals surface area contributed by atoms with Crippen molar-refractivity contribution in [3.63, 3.8) is 0 Å². The van der Waals surface area contributed by atoms with Crippen LogP contribution < -0.4 is 10.6 Å². The number of fused-ring (bicyclic) bond motifs is 1. The van der Waals surface area contributed by atoms with E-state index in [1.165, 1.54) is 0 Å². The minimum absolute atomic E-state index is 0.600. The normalized spacial score (nSPS) is 10.9. The zero-order valence-corrected chi connectivity index (χ0v) is 17.3. The van der Waals surface area contributed by atoms with Crippen molar-refractivity contribution in [2.45, 2.75) is 6.92 Å². The van der Waals surface area contributed by atoms with Crippen molar-refractivity contribution in [2.24, 2.45) is 0 Å². The first-order valence-corrected chi connectivity index (χ1v) is 9.98. The van der Waals surface area contributed by atoms with Gasteiger partial charge in [-0.05, 0) is 49.4 Å². The second-order valence-corrected chi connectivity index (χ2v) is 7.47. The lowest BCUT2D eigenvalue weighted by molar-refractivity contribution is 1.01. The second kappa shape index (κ2) is 8.64. The van der Waals surface area contributed by atoms with Crippen LogP contribution in [-0.4, -0.2) is 28.0 Å². The zero-order valence-electron chi connectivity index (χ0n) is 15.8. The van der Waals surface area contributed by atoms with Gasteiger partial charge in [0, 0.05) is 51.7 Å². The molecule has 2 aromatic carbocycles. The Balaban J connectivity index is 1.42. The van der Waals surface area contributed by atoms with E-state index in [9.17, 15) is 0 Å². The van der Waals surface area contributed by atoms with Crippen LogP contribution in [0.3, 0.4) is 0 Å². The van der Waals surface area contributed by atoms with Gasteiger partial charge in [0.05, 0.1) is 11.2 Å². The maximum Gasteiger partial charge on any atom is 0.223 e. The molecule has 4 aromatic rings. The number of rotatable bonds is 6. The highest BCUT2D eigenvalue weighted by Crippen LogP contribution is 2.24. The summed E-state index contributed by atoms with van der Waals surface area (Å²) in [5.41, 5.74) is 4.65. The number of halogens is 2. The second-order valence-electron chi connectivity index (χ2n) is 6.60. The molecule has 0 aliphatic heterocycles. The summed E-state index contributed by atoms with van der Waals surface area (Å²) in [4.78, 5) is 13.5. The average molecular weight is 424 g/mol. The minimum atomic E-state index is 0.600. The molecular weight excluding hydrogens is 405 g/mol. The summed E-state index contributed by atoms with van der Waals surface area (Å²) in [5.74, 6) is 0.600. The quantitative estimate of drug-likeness (QED) is 0.381. The molecule has 5 nitrogen and oxygen atoms in total. The van der Waals surface area contributed by atoms with E-state index >= 15 is 0 Å². The molecule has 29 heavy (non-hydrogen) atoms. The Morgan fingerprint density at radius 2 is 1.59 bits per heavy atom. The van der Waals surface area contributed by atoms with E-state index in [-0.39, 0.29) is 0 Å². The highest BCUT2D eigenvalue weighted by atomic mass is 35.5. The molecule has 4 rings (SSSR count). The molecule has 0 spiro atoms. The van der Waals surface area contributed by atoms with E-state index in [1.807, 2.05) is 61.5 Å². The number of nitrogens with one attached hydrogen (secondary N) is 2. The summed E-state index contributed by atoms with van der Waals surface area (Å²) in [6.45, 7) is 3.33. The maximum atomic E-state index is 6.05. The van der Waals surface area contributed by atoms with Crippen LogP contribution >= 0.6 is 23.2 Å². The topological polar surface area (TPSA) is 62.7 Å². The molecular formula is C22H19Cl2N5. The summed E-state index contributed by atoms with van der Waals surface area (Å²) in [7, 11) is 0. The highest BCUT2D eigenvalue weighted by molar-refractivity contribution is 6.31. The SMILES string of the molecule is Cc1cc(-c2ccc(Cl)cc2)nc(NCCNc2ccnc3cc(Cl)ccc23)n1. The molecule has 0 atom stereocenters. The first-order chi connectivity index (χ1) is 14.1. The van der Waals surface area contributed by atoms with Crippen LogP contribution in [0.4, 0.5) is 11.6 Å². The molecule has 0 aliphatic rings. The van der Waals surface area contributed by atoms with Gasteiger partial charge in [0.2, 0.25) is 5.95 Å². The lowest BCUT2D eigenvalue weighted by atomic mass is 10.1. The van der Waals surface area contributed by atoms with Crippen LogP contribution in [0.1, 0.15) is 5.69 Å². The molecule has 0 radical (unpaired) electrons. The molecule has 0 saturated heterocycles. The number of pyridine rings is 1. The number of aromatic nitrogens is 3. The van der Waals surface area contributed by atoms with E-state index in [4.69, 9.17) is 23.2 Å². The average Bonchev–Trinajstić information content (AvgIpc) is 2.71. The number of nitrogens with zero attached hydrogens (tertiary/aromatic N) is 3. The molecule has 2 aromatic heterocycles. The fourth-order valence-electron chi connectivity index (χ4n) is 3.06. The van der Waals surface area contributed by atoms with E-state index < -0.39 is 0 Å². The summed E-state index contributed by atoms with van der Waals surface area (Å²) >= 11 is 12.0. The number of aryl methyl sites for hydroxylation is 1. The number of hydrogen-bond donors (Lipinski definition) is 2. The van der Waals surface area contributed by atoms with Gasteiger partial charge < -0.3 is 10.6 Å². The predicted octanol–water partition coefficient (Wildman–Crippen LogP) is 5.83. The Hall–Kier alpha value is -2.89. The third-order valence-electron chi connectivity index (χ3n) is 4.42. The van der Waals surface area contributed by atoms with Crippen molar-refractivity contribution >= 4 is 45.7 Å². The molecule has 7 heteroatoms. The first kappa shape index (κ1) is 19.4. The van der Waals surface area contributed by atoms with Crippen LogP contribution in [0.25, 0.3) is 22.2 Å². The third-order valence-corrected chi connectivity index (χ3v) is 4.91. The van der Waals surface area contributed by atoms with Gasteiger partial charge in [0.1, 0.15) is 0 Å². The number of hydrogen-bond acceptors (Lipinski definition) is 5. The summed E-state index contributed by atoms with van der Waals surface area (Å²) in [5, 5.41) is 9.13. The first-order valence-electron chi connectivity index (χ1n) is 9.22. The molecule has 0 fully saturated rings. The Kier molecular flexibility index (Phi) is 5.79. The Labute approximate surface area is 179 Å². The van der Waals surface area contributed by atoms with E-state index in [2.05, 4.69) is 25.6 Å². The highest BCUT2D eigenvalue weighted by Gasteiger charge is 2.06. The van der Waals surface area contributed by atoms with Gasteiger partial charge in [0.25, 0.3) is 0 Å². The maximum absolute atomic E-state index is 6.05. The molecule has 0 amide bonds. The van der Waals surface area contributed by atoms with Gasteiger partial charge in [0.15, 0.2) is 0 Å². The summed E-state index contributed by atoms with van der Waals surface area (Å²) < 4.78 is 0. The van der Waals surface area contributed by atoms with Crippen molar-refractivity contribution in [3.05, 3.63) is 76.5 Å². The Morgan fingerprint density at radius 1 is 0.828 bits per heavy atom. The number of benzene rings is 2. The lowest BCUT2D eigenvalue weighted by Gasteiger charge is -2.11. The lowest BCUT2D eigenvalue weighted by Crippen LogP contribution is -2.15. The van der Waals surface area contributed by atoms with Gasteiger partial charge in [-0.3, -0.25) is 4.98 Å². The molecule has 146 valence electrons. The van der Waals surface area contributed by atoms with Crippen LogP contribution in [0.5, 0.6) is 0 Å². The van der Waals surface area contributed by atoms with Gasteiger partial charge in [-0.2, -0.15) is 0 Å². The van der Waals surface area contributed by atoms with Gasteiger partial charge >= 0.3 is 0 Å². The zero-order chi connectivity index (χ0) is 20.2. The van der Waals surface area contributed by atoms with Crippen LogP contribution in [0.15, 0.2) is 60.8 Å². The Morgan fingerprint density at radius 3 is 2.41 bits per heavy atom.